The van der Waals surface area contributed by atoms with E-state index in [4.69, 9.17) is 5.73 Å². The van der Waals surface area contributed by atoms with Crippen molar-refractivity contribution in [3.63, 3.8) is 0 Å². The van der Waals surface area contributed by atoms with Crippen LogP contribution in [0, 0.1) is 13.8 Å². The Hall–Kier alpha value is -1.74. The number of aryl methyl sites for hydroxylation is 3. The van der Waals surface area contributed by atoms with Gasteiger partial charge in [0.1, 0.15) is 5.82 Å². The van der Waals surface area contributed by atoms with Crippen LogP contribution in [0.15, 0.2) is 30.3 Å². The van der Waals surface area contributed by atoms with Crippen LogP contribution < -0.4 is 5.73 Å². The Balaban J connectivity index is 2.32. The fraction of sp³-hybridized carbons (Fsp3) is 0.333. The van der Waals surface area contributed by atoms with Gasteiger partial charge in [-0.25, -0.2) is 9.97 Å². The van der Waals surface area contributed by atoms with Crippen molar-refractivity contribution in [2.45, 2.75) is 26.7 Å². The summed E-state index contributed by atoms with van der Waals surface area (Å²) in [5, 5.41) is 0. The Morgan fingerprint density at radius 1 is 1.06 bits per heavy atom. The molecule has 0 aliphatic heterocycles. The monoisotopic (exact) mass is 241 g/mol. The smallest absolute Gasteiger partial charge is 0.129 e. The fourth-order valence-corrected chi connectivity index (χ4v) is 1.87. The van der Waals surface area contributed by atoms with Gasteiger partial charge < -0.3 is 5.73 Å². The largest absolute Gasteiger partial charge is 0.330 e. The van der Waals surface area contributed by atoms with Crippen LogP contribution in [0.2, 0.25) is 0 Å². The lowest BCUT2D eigenvalue weighted by molar-refractivity contribution is 0.777. The molecule has 0 fully saturated rings. The van der Waals surface area contributed by atoms with Crippen LogP contribution in [-0.2, 0) is 6.42 Å². The van der Waals surface area contributed by atoms with Crippen LogP contribution in [0.1, 0.15) is 23.5 Å². The van der Waals surface area contributed by atoms with Gasteiger partial charge in [-0.1, -0.05) is 29.8 Å². The molecule has 2 N–H and O–H groups in total. The molecule has 0 spiro atoms. The summed E-state index contributed by atoms with van der Waals surface area (Å²) in [6, 6.07) is 10.4. The van der Waals surface area contributed by atoms with Crippen LogP contribution in [-0.4, -0.2) is 16.5 Å². The van der Waals surface area contributed by atoms with Crippen LogP contribution >= 0.6 is 0 Å². The van der Waals surface area contributed by atoms with Crippen LogP contribution in [0.4, 0.5) is 0 Å². The van der Waals surface area contributed by atoms with E-state index in [0.29, 0.717) is 6.54 Å². The third-order valence-electron chi connectivity index (χ3n) is 2.85. The highest BCUT2D eigenvalue weighted by molar-refractivity contribution is 5.59. The number of rotatable bonds is 4. The summed E-state index contributed by atoms with van der Waals surface area (Å²) in [4.78, 5) is 9.05. The SMILES string of the molecule is Cc1ccc(-c2cc(C)nc(CCCN)n2)cc1. The summed E-state index contributed by atoms with van der Waals surface area (Å²) < 4.78 is 0. The highest BCUT2D eigenvalue weighted by Crippen LogP contribution is 2.18. The van der Waals surface area contributed by atoms with Crippen molar-refractivity contribution < 1.29 is 0 Å². The van der Waals surface area contributed by atoms with Gasteiger partial charge in [-0.15, -0.1) is 0 Å². The molecule has 0 aliphatic rings. The van der Waals surface area contributed by atoms with Gasteiger partial charge in [-0.05, 0) is 32.9 Å². The lowest BCUT2D eigenvalue weighted by Gasteiger charge is -2.06. The van der Waals surface area contributed by atoms with E-state index in [9.17, 15) is 0 Å². The second-order valence-corrected chi connectivity index (χ2v) is 4.57. The molecule has 0 aliphatic carbocycles. The third-order valence-corrected chi connectivity index (χ3v) is 2.85. The molecule has 0 radical (unpaired) electrons. The van der Waals surface area contributed by atoms with Gasteiger partial charge in [0.05, 0.1) is 5.69 Å². The highest BCUT2D eigenvalue weighted by atomic mass is 14.9. The van der Waals surface area contributed by atoms with Gasteiger partial charge in [0, 0.05) is 17.7 Å². The van der Waals surface area contributed by atoms with E-state index in [-0.39, 0.29) is 0 Å². The standard InChI is InChI=1S/C15H19N3/c1-11-5-7-13(8-6-11)14-10-12(2)17-15(18-14)4-3-9-16/h5-8,10H,3-4,9,16H2,1-2H3. The number of nitrogens with zero attached hydrogens (tertiary/aromatic N) is 2. The molecule has 1 heterocycles. The molecule has 3 nitrogen and oxygen atoms in total. The van der Waals surface area contributed by atoms with E-state index in [1.54, 1.807) is 0 Å². The van der Waals surface area contributed by atoms with Crippen molar-refractivity contribution in [2.24, 2.45) is 5.73 Å². The van der Waals surface area contributed by atoms with Crippen molar-refractivity contribution >= 4 is 0 Å². The van der Waals surface area contributed by atoms with Gasteiger partial charge in [-0.2, -0.15) is 0 Å². The number of hydrogen-bond donors (Lipinski definition) is 1. The average molecular weight is 241 g/mol. The quantitative estimate of drug-likeness (QED) is 0.895. The topological polar surface area (TPSA) is 51.8 Å². The molecular weight excluding hydrogens is 222 g/mol. The van der Waals surface area contributed by atoms with Crippen molar-refractivity contribution in [1.29, 1.82) is 0 Å². The van der Waals surface area contributed by atoms with Crippen molar-refractivity contribution in [2.75, 3.05) is 6.54 Å². The molecule has 0 atom stereocenters. The minimum atomic E-state index is 0.678. The van der Waals surface area contributed by atoms with Crippen molar-refractivity contribution in [3.05, 3.63) is 47.4 Å². The fourth-order valence-electron chi connectivity index (χ4n) is 1.87. The summed E-state index contributed by atoms with van der Waals surface area (Å²) in [5.74, 6) is 0.885. The highest BCUT2D eigenvalue weighted by Gasteiger charge is 2.04. The normalized spacial score (nSPS) is 10.6. The Bertz CT molecular complexity index is 518. The second kappa shape index (κ2) is 5.74. The van der Waals surface area contributed by atoms with Gasteiger partial charge in [0.25, 0.3) is 0 Å². The van der Waals surface area contributed by atoms with Crippen LogP contribution in [0.25, 0.3) is 11.3 Å². The molecule has 1 aromatic heterocycles. The first-order valence-corrected chi connectivity index (χ1v) is 6.30. The number of aromatic nitrogens is 2. The first-order valence-electron chi connectivity index (χ1n) is 6.30. The van der Waals surface area contributed by atoms with Crippen LogP contribution in [0.5, 0.6) is 0 Å². The van der Waals surface area contributed by atoms with Gasteiger partial charge in [-0.3, -0.25) is 0 Å². The first kappa shape index (κ1) is 12.7. The Kier molecular flexibility index (Phi) is 4.05. The lowest BCUT2D eigenvalue weighted by Crippen LogP contribution is -2.04. The molecule has 0 bridgehead atoms. The van der Waals surface area contributed by atoms with E-state index in [0.717, 1.165) is 35.6 Å². The van der Waals surface area contributed by atoms with Crippen molar-refractivity contribution in [1.82, 2.24) is 9.97 Å². The Morgan fingerprint density at radius 2 is 1.78 bits per heavy atom. The van der Waals surface area contributed by atoms with Gasteiger partial charge in [0.15, 0.2) is 0 Å². The molecule has 2 aromatic rings. The van der Waals surface area contributed by atoms with E-state index in [2.05, 4.69) is 41.2 Å². The van der Waals surface area contributed by atoms with E-state index >= 15 is 0 Å². The average Bonchev–Trinajstić information content (AvgIpc) is 2.36. The third kappa shape index (κ3) is 3.14. The first-order chi connectivity index (χ1) is 8.69. The minimum absolute atomic E-state index is 0.678. The summed E-state index contributed by atoms with van der Waals surface area (Å²) in [6.07, 6.45) is 1.77. The second-order valence-electron chi connectivity index (χ2n) is 4.57. The molecule has 2 rings (SSSR count). The molecule has 0 saturated carbocycles. The molecule has 18 heavy (non-hydrogen) atoms. The summed E-state index contributed by atoms with van der Waals surface area (Å²) in [5.41, 5.74) is 9.92. The molecule has 0 saturated heterocycles. The number of hydrogen-bond acceptors (Lipinski definition) is 3. The Morgan fingerprint density at radius 3 is 2.44 bits per heavy atom. The summed E-state index contributed by atoms with van der Waals surface area (Å²) >= 11 is 0. The van der Waals surface area contributed by atoms with E-state index < -0.39 is 0 Å². The Labute approximate surface area is 108 Å². The zero-order valence-corrected chi connectivity index (χ0v) is 11.0. The van der Waals surface area contributed by atoms with E-state index in [1.807, 2.05) is 13.0 Å². The minimum Gasteiger partial charge on any atom is -0.330 e. The summed E-state index contributed by atoms with van der Waals surface area (Å²) in [7, 11) is 0. The molecule has 0 amide bonds. The van der Waals surface area contributed by atoms with Gasteiger partial charge >= 0.3 is 0 Å². The number of nitrogens with two attached hydrogens (primary N) is 1. The number of benzene rings is 1. The lowest BCUT2D eigenvalue weighted by atomic mass is 10.1. The van der Waals surface area contributed by atoms with Crippen LogP contribution in [0.3, 0.4) is 0 Å². The predicted octanol–water partition coefficient (Wildman–Crippen LogP) is 2.65. The maximum atomic E-state index is 5.52. The maximum Gasteiger partial charge on any atom is 0.129 e. The molecule has 1 aromatic carbocycles. The van der Waals surface area contributed by atoms with Crippen molar-refractivity contribution in [3.8, 4) is 11.3 Å². The molecule has 3 heteroatoms. The molecule has 0 unspecified atom stereocenters. The molecule has 94 valence electrons. The zero-order chi connectivity index (χ0) is 13.0. The zero-order valence-electron chi connectivity index (χ0n) is 11.0. The summed E-state index contributed by atoms with van der Waals surface area (Å²) in [6.45, 7) is 4.77. The maximum absolute atomic E-state index is 5.52. The van der Waals surface area contributed by atoms with Gasteiger partial charge in [0.2, 0.25) is 0 Å². The molecular formula is C15H19N3. The van der Waals surface area contributed by atoms with E-state index in [1.165, 1.54) is 5.56 Å². The predicted molar refractivity (Wildman–Crippen MR) is 74.3 cm³/mol.